The molecular weight excluding hydrogens is 568 g/mol. The molecule has 0 spiro atoms. The molecule has 0 fully saturated rings. The second kappa shape index (κ2) is 9.39. The van der Waals surface area contributed by atoms with Crippen LogP contribution in [0.3, 0.4) is 0 Å². The van der Waals surface area contributed by atoms with Gasteiger partial charge in [-0.25, -0.2) is 0 Å². The summed E-state index contributed by atoms with van der Waals surface area (Å²) in [5, 5.41) is 0. The topological polar surface area (TPSA) is 119 Å². The normalized spacial score (nSPS) is 17.3. The van der Waals surface area contributed by atoms with Crippen LogP contribution in [0, 0.1) is 5.92 Å². The Labute approximate surface area is 255 Å². The van der Waals surface area contributed by atoms with Gasteiger partial charge in [0.05, 0.1) is 5.92 Å². The van der Waals surface area contributed by atoms with Crippen LogP contribution < -0.4 is 0 Å². The molecule has 4 aromatic carbocycles. The fourth-order valence-corrected chi connectivity index (χ4v) is 6.86. The first-order valence-electron chi connectivity index (χ1n) is 14.2. The van der Waals surface area contributed by atoms with Gasteiger partial charge in [0.2, 0.25) is 0 Å². The minimum absolute atomic E-state index is 0.0109. The maximum absolute atomic E-state index is 14.6. The van der Waals surface area contributed by atoms with Crippen molar-refractivity contribution in [1.29, 1.82) is 0 Å². The smallest absolute Gasteiger partial charge is 0.195 e. The molecular formula is C38H18O7. The third-order valence-corrected chi connectivity index (χ3v) is 8.83. The minimum Gasteiger partial charge on any atom is -0.293 e. The van der Waals surface area contributed by atoms with Crippen LogP contribution >= 0.6 is 0 Å². The summed E-state index contributed by atoms with van der Waals surface area (Å²) in [5.41, 5.74) is -2.53. The van der Waals surface area contributed by atoms with Crippen molar-refractivity contribution in [3.05, 3.63) is 176 Å². The fourth-order valence-electron chi connectivity index (χ4n) is 6.86. The number of carbonyl (C=O) groups excluding carboxylic acids is 7. The Balaban J connectivity index is 1.57. The molecule has 8 rings (SSSR count). The van der Waals surface area contributed by atoms with E-state index >= 15 is 0 Å². The third kappa shape index (κ3) is 3.43. The lowest BCUT2D eigenvalue weighted by Gasteiger charge is -2.28. The SMILES string of the molecule is O=C1C2=C(C(=O)c3ccccc31)C1=C(C(=O)c3ccccc3C1=O)C(C(=O)c1ccccc1)C1=C2C(=O)c2ccccc2C1=O. The molecule has 0 unspecified atom stereocenters. The molecule has 0 heterocycles. The summed E-state index contributed by atoms with van der Waals surface area (Å²) >= 11 is 0. The van der Waals surface area contributed by atoms with Crippen LogP contribution in [0.25, 0.3) is 0 Å². The quantitative estimate of drug-likeness (QED) is 0.280. The van der Waals surface area contributed by atoms with E-state index in [9.17, 15) is 33.6 Å². The predicted octanol–water partition coefficient (Wildman–Crippen LogP) is 5.63. The van der Waals surface area contributed by atoms with Crippen molar-refractivity contribution in [2.24, 2.45) is 5.92 Å². The number of hydrogen-bond donors (Lipinski definition) is 0. The molecule has 0 saturated heterocycles. The van der Waals surface area contributed by atoms with E-state index in [2.05, 4.69) is 0 Å². The molecule has 212 valence electrons. The van der Waals surface area contributed by atoms with Crippen LogP contribution in [0.1, 0.15) is 72.5 Å². The standard InChI is InChI=1S/C38H18O7/c39-32(18-10-2-1-3-11-18)25-26-28(35(42)21-14-6-4-12-19(21)33(26)40)30-31(38(45)24-17-9-8-16-23(24)37(30)44)29-27(25)34(41)20-13-5-7-15-22(20)36(29)43/h1-17,25H. The van der Waals surface area contributed by atoms with Crippen LogP contribution in [0.5, 0.6) is 0 Å². The Morgan fingerprint density at radius 1 is 0.356 bits per heavy atom. The number of rotatable bonds is 2. The molecule has 4 aromatic rings. The molecule has 7 heteroatoms. The molecule has 0 N–H and O–H groups in total. The number of carbonyl (C=O) groups is 7. The van der Waals surface area contributed by atoms with Crippen LogP contribution in [0.15, 0.2) is 137 Å². The van der Waals surface area contributed by atoms with Gasteiger partial charge in [0.1, 0.15) is 0 Å². The largest absolute Gasteiger partial charge is 0.293 e. The van der Waals surface area contributed by atoms with Crippen LogP contribution in [-0.2, 0) is 0 Å². The lowest BCUT2D eigenvalue weighted by molar-refractivity contribution is 0.0884. The van der Waals surface area contributed by atoms with Gasteiger partial charge < -0.3 is 0 Å². The van der Waals surface area contributed by atoms with Crippen molar-refractivity contribution in [3.8, 4) is 0 Å². The molecule has 0 aliphatic heterocycles. The first-order chi connectivity index (χ1) is 21.8. The Hall–Kier alpha value is -6.21. The molecule has 4 aliphatic rings. The zero-order valence-corrected chi connectivity index (χ0v) is 23.3. The maximum Gasteiger partial charge on any atom is 0.195 e. The third-order valence-electron chi connectivity index (χ3n) is 8.83. The number of benzene rings is 4. The first-order valence-corrected chi connectivity index (χ1v) is 14.2. The highest BCUT2D eigenvalue weighted by molar-refractivity contribution is 6.43. The van der Waals surface area contributed by atoms with Crippen molar-refractivity contribution >= 4 is 40.5 Å². The highest BCUT2D eigenvalue weighted by atomic mass is 16.2. The minimum atomic E-state index is -1.76. The number of ketones is 7. The number of Topliss-reactive ketones (excluding diaryl/α,β-unsaturated/α-hetero) is 7. The van der Waals surface area contributed by atoms with Crippen molar-refractivity contribution in [3.63, 3.8) is 0 Å². The van der Waals surface area contributed by atoms with Gasteiger partial charge in [0.25, 0.3) is 0 Å². The van der Waals surface area contributed by atoms with E-state index in [0.717, 1.165) is 0 Å². The van der Waals surface area contributed by atoms with E-state index in [0.29, 0.717) is 0 Å². The van der Waals surface area contributed by atoms with E-state index in [4.69, 9.17) is 0 Å². The van der Waals surface area contributed by atoms with E-state index in [1.807, 2.05) is 0 Å². The van der Waals surface area contributed by atoms with Crippen molar-refractivity contribution in [2.45, 2.75) is 0 Å². The molecule has 0 aromatic heterocycles. The van der Waals surface area contributed by atoms with Crippen LogP contribution in [0.2, 0.25) is 0 Å². The van der Waals surface area contributed by atoms with E-state index < -0.39 is 79.8 Å². The van der Waals surface area contributed by atoms with Crippen molar-refractivity contribution in [2.75, 3.05) is 0 Å². The van der Waals surface area contributed by atoms with Gasteiger partial charge in [0, 0.05) is 72.4 Å². The zero-order valence-electron chi connectivity index (χ0n) is 23.3. The van der Waals surface area contributed by atoms with Crippen LogP contribution in [0.4, 0.5) is 0 Å². The zero-order chi connectivity index (χ0) is 31.1. The van der Waals surface area contributed by atoms with Gasteiger partial charge in [-0.3, -0.25) is 33.6 Å². The molecule has 0 saturated carbocycles. The average molecular weight is 587 g/mol. The average Bonchev–Trinajstić information content (AvgIpc) is 3.22. The van der Waals surface area contributed by atoms with Gasteiger partial charge in [-0.15, -0.1) is 0 Å². The van der Waals surface area contributed by atoms with Gasteiger partial charge in [0.15, 0.2) is 40.5 Å². The number of hydrogen-bond acceptors (Lipinski definition) is 7. The monoisotopic (exact) mass is 586 g/mol. The maximum atomic E-state index is 14.6. The van der Waals surface area contributed by atoms with Gasteiger partial charge in [-0.05, 0) is 0 Å². The lowest BCUT2D eigenvalue weighted by Crippen LogP contribution is -2.35. The summed E-state index contributed by atoms with van der Waals surface area (Å²) in [6, 6.07) is 25.8. The number of allylic oxidation sites excluding steroid dienone is 6. The highest BCUT2D eigenvalue weighted by Crippen LogP contribution is 2.49. The molecule has 4 aliphatic carbocycles. The lowest BCUT2D eigenvalue weighted by atomic mass is 9.70. The Morgan fingerprint density at radius 2 is 0.644 bits per heavy atom. The Morgan fingerprint density at radius 3 is 1.00 bits per heavy atom. The summed E-state index contributed by atoms with van der Waals surface area (Å²) in [6.45, 7) is 0. The van der Waals surface area contributed by atoms with Gasteiger partial charge >= 0.3 is 0 Å². The first kappa shape index (κ1) is 26.4. The van der Waals surface area contributed by atoms with Gasteiger partial charge in [-0.1, -0.05) is 103 Å². The Bertz CT molecular complexity index is 2140. The van der Waals surface area contributed by atoms with E-state index in [1.165, 1.54) is 48.5 Å². The van der Waals surface area contributed by atoms with E-state index in [-0.39, 0.29) is 38.9 Å². The summed E-state index contributed by atoms with van der Waals surface area (Å²) in [6.07, 6.45) is 0. The van der Waals surface area contributed by atoms with E-state index in [1.54, 1.807) is 54.6 Å². The molecule has 0 atom stereocenters. The van der Waals surface area contributed by atoms with Crippen molar-refractivity contribution in [1.82, 2.24) is 0 Å². The molecule has 0 radical (unpaired) electrons. The summed E-state index contributed by atoms with van der Waals surface area (Å²) < 4.78 is 0. The molecule has 7 nitrogen and oxygen atoms in total. The van der Waals surface area contributed by atoms with Gasteiger partial charge in [-0.2, -0.15) is 0 Å². The predicted molar refractivity (Wildman–Crippen MR) is 161 cm³/mol. The summed E-state index contributed by atoms with van der Waals surface area (Å²) in [4.78, 5) is 101. The highest BCUT2D eigenvalue weighted by Gasteiger charge is 2.53. The van der Waals surface area contributed by atoms with Crippen LogP contribution in [-0.4, -0.2) is 40.5 Å². The second-order valence-electron chi connectivity index (χ2n) is 11.1. The summed E-state index contributed by atoms with van der Waals surface area (Å²) in [7, 11) is 0. The molecule has 0 bridgehead atoms. The summed E-state index contributed by atoms with van der Waals surface area (Å²) in [5.74, 6) is -7.00. The number of fused-ring (bicyclic) bond motifs is 5. The molecule has 45 heavy (non-hydrogen) atoms. The molecule has 0 amide bonds. The fraction of sp³-hybridized carbons (Fsp3) is 0.0263. The van der Waals surface area contributed by atoms with Crippen molar-refractivity contribution < 1.29 is 33.6 Å². The Kier molecular flexibility index (Phi) is 5.52. The second-order valence-corrected chi connectivity index (χ2v) is 11.1.